The lowest BCUT2D eigenvalue weighted by Gasteiger charge is -2.52. The summed E-state index contributed by atoms with van der Waals surface area (Å²) in [7, 11) is 0. The number of hydrogen-bond acceptors (Lipinski definition) is 30. The number of nitrogens with one attached hydrogen (secondary N) is 2. The summed E-state index contributed by atoms with van der Waals surface area (Å²) in [5.74, 6) is -1.61. The van der Waals surface area contributed by atoms with Crippen LogP contribution in [-0.4, -0.2) is 316 Å². The second kappa shape index (κ2) is 25.3. The molecule has 0 bridgehead atoms. The van der Waals surface area contributed by atoms with E-state index >= 15 is 0 Å². The van der Waals surface area contributed by atoms with Crippen LogP contribution in [0.5, 0.6) is 0 Å². The summed E-state index contributed by atoms with van der Waals surface area (Å²) in [4.78, 5) is 25.1. The quantitative estimate of drug-likeness (QED) is 0.0643. The number of aliphatic hydroxyl groups is 17. The average Bonchev–Trinajstić information content (AvgIpc) is 3.34. The van der Waals surface area contributed by atoms with Crippen LogP contribution >= 0.6 is 0 Å². The lowest BCUT2D eigenvalue weighted by Crippen LogP contribution is -2.72. The molecule has 0 aromatic carbocycles. The third-order valence-electron chi connectivity index (χ3n) is 13.2. The highest BCUT2D eigenvalue weighted by molar-refractivity contribution is 5.73. The van der Waals surface area contributed by atoms with Crippen molar-refractivity contribution in [3.8, 4) is 0 Å². The van der Waals surface area contributed by atoms with Gasteiger partial charge in [-0.2, -0.15) is 0 Å². The van der Waals surface area contributed by atoms with Crippen LogP contribution in [-0.2, 0) is 61.7 Å². The first-order chi connectivity index (χ1) is 34.0. The van der Waals surface area contributed by atoms with Crippen LogP contribution in [0.1, 0.15) is 20.8 Å². The molecule has 0 aliphatic carbocycles. The molecule has 0 spiro atoms. The first-order valence-electron chi connectivity index (χ1n) is 23.0. The topological polar surface area (TPSA) is 504 Å². The Bertz CT molecular complexity index is 1730. The van der Waals surface area contributed by atoms with Gasteiger partial charge >= 0.3 is 0 Å². The van der Waals surface area contributed by atoms with E-state index in [2.05, 4.69) is 10.6 Å². The highest BCUT2D eigenvalue weighted by Gasteiger charge is 2.59. The van der Waals surface area contributed by atoms with E-state index in [9.17, 15) is 96.4 Å². The molecule has 6 rings (SSSR count). The maximum Gasteiger partial charge on any atom is 0.217 e. The van der Waals surface area contributed by atoms with Gasteiger partial charge in [0.05, 0.1) is 39.1 Å². The maximum atomic E-state index is 13.0. The third-order valence-corrected chi connectivity index (χ3v) is 13.2. The van der Waals surface area contributed by atoms with Crippen LogP contribution in [0.2, 0.25) is 0 Å². The summed E-state index contributed by atoms with van der Waals surface area (Å²) >= 11 is 0. The first-order valence-corrected chi connectivity index (χ1v) is 23.0. The molecule has 6 saturated heterocycles. The second-order valence-electron chi connectivity index (χ2n) is 18.2. The van der Waals surface area contributed by atoms with E-state index < -0.39 is 229 Å². The van der Waals surface area contributed by atoms with Gasteiger partial charge in [-0.1, -0.05) is 0 Å². The Hall–Kier alpha value is -2.18. The van der Waals surface area contributed by atoms with Gasteiger partial charge in [-0.05, 0) is 6.92 Å². The molecule has 32 nitrogen and oxygen atoms in total. The van der Waals surface area contributed by atoms with Crippen LogP contribution < -0.4 is 10.6 Å². The number of aliphatic hydroxyl groups excluding tert-OH is 17. The van der Waals surface area contributed by atoms with E-state index in [1.54, 1.807) is 0 Å². The van der Waals surface area contributed by atoms with Crippen molar-refractivity contribution >= 4 is 11.8 Å². The van der Waals surface area contributed by atoms with Gasteiger partial charge in [0, 0.05) is 13.8 Å². The molecular weight excluding hydrogens is 988 g/mol. The Balaban J connectivity index is 1.40. The van der Waals surface area contributed by atoms with E-state index in [0.29, 0.717) is 0 Å². The van der Waals surface area contributed by atoms with Crippen LogP contribution in [0.15, 0.2) is 0 Å². The van der Waals surface area contributed by atoms with Gasteiger partial charge in [-0.15, -0.1) is 0 Å². The fourth-order valence-corrected chi connectivity index (χ4v) is 9.25. The lowest BCUT2D eigenvalue weighted by molar-refractivity contribution is -0.404. The zero-order valence-electron chi connectivity index (χ0n) is 38.8. The van der Waals surface area contributed by atoms with Gasteiger partial charge < -0.3 is 150 Å². The molecule has 6 heterocycles. The Labute approximate surface area is 408 Å². The molecule has 6 aliphatic heterocycles. The molecule has 0 unspecified atom stereocenters. The third kappa shape index (κ3) is 12.5. The van der Waals surface area contributed by atoms with E-state index in [-0.39, 0.29) is 0 Å². The second-order valence-corrected chi connectivity index (χ2v) is 18.2. The number of hydrogen-bond donors (Lipinski definition) is 19. The van der Waals surface area contributed by atoms with Gasteiger partial charge in [0.25, 0.3) is 0 Å². The fraction of sp³-hybridized carbons (Fsp3) is 0.950. The highest BCUT2D eigenvalue weighted by atomic mass is 16.8. The minimum Gasteiger partial charge on any atom is -0.394 e. The minimum atomic E-state index is -2.34. The number of amides is 2. The molecular formula is C40H68N2O30. The SMILES string of the molecule is CC(=O)N[C@@H]1[C@@H](O)[C@H](O[C@@H]2O[C@H](CO)[C@@H](O[C@@H]3O[C@H](CO)[C@@H](O[C@@H]4O[C@H](CO)[C@H](O)[C@H](O)[C@H]4O)[C@H](O[C@H]4O[C@H](CO)[C@@H](O)[C@H](O)[C@@H]4O)[C@@H]3O)[C@H](O[C@@H]3O[C@@H](C)[C@@H](O)[C@@H](O)[C@@H]3O)[C@H]2NC(C)=O)[C@@H](CO)O[C@H]1O. The fourth-order valence-electron chi connectivity index (χ4n) is 9.25. The number of rotatable bonds is 17. The Kier molecular flexibility index (Phi) is 20.8. The normalized spacial score (nSPS) is 50.3. The molecule has 6 fully saturated rings. The van der Waals surface area contributed by atoms with Gasteiger partial charge in [0.2, 0.25) is 11.8 Å². The van der Waals surface area contributed by atoms with Crippen molar-refractivity contribution in [1.82, 2.24) is 10.6 Å². The van der Waals surface area contributed by atoms with E-state index in [4.69, 9.17) is 52.1 Å². The average molecular weight is 1060 g/mol. The molecule has 0 saturated carbocycles. The molecule has 0 radical (unpaired) electrons. The molecule has 30 atom stereocenters. The molecule has 32 heteroatoms. The molecule has 72 heavy (non-hydrogen) atoms. The van der Waals surface area contributed by atoms with Gasteiger partial charge in [0.15, 0.2) is 37.7 Å². The summed E-state index contributed by atoms with van der Waals surface area (Å²) < 4.78 is 64.6. The molecule has 418 valence electrons. The standard InChI is InChI=1S/C40H68N2O30/c1-9-19(50)23(54)26(57)37(62-9)71-33-18(42-11(3)49)36(68-30-14(6-45)63-35(61)17(22(30)53)41-10(2)48)66-15(7-46)31(33)69-40-29(60)34(72-39-28(59)25(56)21(52)13(5-44)65-39)32(16(8-47)67-40)70-38-27(58)24(55)20(51)12(4-43)64-38/h9,12-40,43-47,50-61H,4-8H2,1-3H3,(H,41,48)(H,42,49)/t9-,12+,13+,14+,15+,16+,17+,18+,19+,20-,21+,22+,23+,24-,25-,26-,27+,28-,29-,30+,31+,32+,33+,34+,35+,36-,37-,38-,39+,40-/m0/s1. The van der Waals surface area contributed by atoms with Crippen molar-refractivity contribution in [3.63, 3.8) is 0 Å². The first kappa shape index (κ1) is 59.1. The molecule has 19 N–H and O–H groups in total. The zero-order valence-corrected chi connectivity index (χ0v) is 38.8. The van der Waals surface area contributed by atoms with Crippen LogP contribution in [0.25, 0.3) is 0 Å². The number of ether oxygens (including phenoxy) is 11. The van der Waals surface area contributed by atoms with E-state index in [1.165, 1.54) is 6.92 Å². The van der Waals surface area contributed by atoms with E-state index in [1.807, 2.05) is 0 Å². The molecule has 6 aliphatic rings. The Morgan fingerprint density at radius 2 is 0.708 bits per heavy atom. The predicted molar refractivity (Wildman–Crippen MR) is 221 cm³/mol. The monoisotopic (exact) mass is 1060 g/mol. The van der Waals surface area contributed by atoms with Crippen molar-refractivity contribution < 1.29 is 149 Å². The van der Waals surface area contributed by atoms with Gasteiger partial charge in [-0.3, -0.25) is 9.59 Å². The number of carbonyl (C=O) groups is 2. The van der Waals surface area contributed by atoms with Crippen molar-refractivity contribution in [3.05, 3.63) is 0 Å². The lowest BCUT2D eigenvalue weighted by atomic mass is 9.93. The largest absolute Gasteiger partial charge is 0.394 e. The number of carbonyl (C=O) groups excluding carboxylic acids is 2. The van der Waals surface area contributed by atoms with Crippen LogP contribution in [0.4, 0.5) is 0 Å². The van der Waals surface area contributed by atoms with Crippen molar-refractivity contribution in [2.24, 2.45) is 0 Å². The van der Waals surface area contributed by atoms with Crippen LogP contribution in [0.3, 0.4) is 0 Å². The summed E-state index contributed by atoms with van der Waals surface area (Å²) in [6.45, 7) is -1.69. The Morgan fingerprint density at radius 1 is 0.361 bits per heavy atom. The van der Waals surface area contributed by atoms with Gasteiger partial charge in [-0.25, -0.2) is 0 Å². The molecule has 0 aromatic heterocycles. The van der Waals surface area contributed by atoms with E-state index in [0.717, 1.165) is 13.8 Å². The maximum absolute atomic E-state index is 13.0. The molecule has 0 aromatic rings. The summed E-state index contributed by atoms with van der Waals surface area (Å²) in [6, 6.07) is -3.40. The van der Waals surface area contributed by atoms with Crippen molar-refractivity contribution in [1.29, 1.82) is 0 Å². The summed E-state index contributed by atoms with van der Waals surface area (Å²) in [5.41, 5.74) is 0. The zero-order chi connectivity index (χ0) is 53.2. The summed E-state index contributed by atoms with van der Waals surface area (Å²) in [5, 5.41) is 187. The van der Waals surface area contributed by atoms with Crippen LogP contribution in [0, 0.1) is 0 Å². The molecule has 2 amide bonds. The van der Waals surface area contributed by atoms with Crippen molar-refractivity contribution in [2.75, 3.05) is 33.0 Å². The van der Waals surface area contributed by atoms with Crippen molar-refractivity contribution in [2.45, 2.75) is 205 Å². The Morgan fingerprint density at radius 3 is 1.18 bits per heavy atom. The minimum absolute atomic E-state index is 0.738. The van der Waals surface area contributed by atoms with Gasteiger partial charge in [0.1, 0.15) is 140 Å². The highest BCUT2D eigenvalue weighted by Crippen LogP contribution is 2.38. The smallest absolute Gasteiger partial charge is 0.217 e. The predicted octanol–water partition coefficient (Wildman–Crippen LogP) is -12.8. The summed E-state index contributed by atoms with van der Waals surface area (Å²) in [6.07, 6.45) is -53.6.